The SMILES string of the molecule is Oc1ccc(C(O)c2cc3ccc4ccc5c(C(O)c6ccc7ccccc7c6)cc6ccc7ccc2c2c7c6c5c4c32)cc1. The van der Waals surface area contributed by atoms with Crippen LogP contribution in [0.1, 0.15) is 34.5 Å². The molecule has 0 saturated carbocycles. The average molecular weight is 579 g/mol. The molecule has 0 radical (unpaired) electrons. The highest BCUT2D eigenvalue weighted by molar-refractivity contribution is 6.45. The summed E-state index contributed by atoms with van der Waals surface area (Å²) in [6.07, 6.45) is -1.63. The number of aliphatic hydroxyl groups excluding tert-OH is 2. The van der Waals surface area contributed by atoms with Crippen molar-refractivity contribution in [3.63, 3.8) is 0 Å². The van der Waals surface area contributed by atoms with Crippen LogP contribution in [0.15, 0.2) is 127 Å². The van der Waals surface area contributed by atoms with Crippen molar-refractivity contribution < 1.29 is 15.3 Å². The second-order valence-electron chi connectivity index (χ2n) is 12.4. The summed E-state index contributed by atoms with van der Waals surface area (Å²) in [6.45, 7) is 0. The zero-order valence-electron chi connectivity index (χ0n) is 24.1. The Morgan fingerprint density at radius 3 is 1.40 bits per heavy atom. The molecule has 0 heterocycles. The maximum atomic E-state index is 12.0. The molecule has 3 nitrogen and oxygen atoms in total. The molecule has 10 aromatic rings. The van der Waals surface area contributed by atoms with Crippen molar-refractivity contribution in [2.75, 3.05) is 0 Å². The smallest absolute Gasteiger partial charge is 0.115 e. The molecule has 0 saturated heterocycles. The van der Waals surface area contributed by atoms with Crippen LogP contribution >= 0.6 is 0 Å². The molecule has 0 spiro atoms. The number of hydrogen-bond donors (Lipinski definition) is 3. The summed E-state index contributed by atoms with van der Waals surface area (Å²) in [4.78, 5) is 0. The van der Waals surface area contributed by atoms with Crippen LogP contribution in [0.5, 0.6) is 5.75 Å². The lowest BCUT2D eigenvalue weighted by Crippen LogP contribution is -2.04. The van der Waals surface area contributed by atoms with Gasteiger partial charge in [-0.15, -0.1) is 0 Å². The monoisotopic (exact) mass is 578 g/mol. The van der Waals surface area contributed by atoms with Crippen LogP contribution in [0.25, 0.3) is 75.4 Å². The standard InChI is InChI=1S/C42H26O3/c43-30-15-11-25(12-16-30)41(44)33-20-27-8-6-24-14-18-32-34(42(45)29-10-5-22-3-1-2-4-26(22)19-29)21-28-9-7-23-13-17-31(33)39-35(23)38(28)40(32)36(24)37(27)39/h1-21,41-45H. The van der Waals surface area contributed by atoms with Crippen LogP contribution in [0, 0.1) is 0 Å². The van der Waals surface area contributed by atoms with Crippen LogP contribution in [0.3, 0.4) is 0 Å². The van der Waals surface area contributed by atoms with Crippen molar-refractivity contribution >= 4 is 75.4 Å². The summed E-state index contributed by atoms with van der Waals surface area (Å²) < 4.78 is 0. The highest BCUT2D eigenvalue weighted by Gasteiger charge is 2.26. The summed E-state index contributed by atoms with van der Waals surface area (Å²) in [5, 5.41) is 49.5. The molecule has 45 heavy (non-hydrogen) atoms. The summed E-state index contributed by atoms with van der Waals surface area (Å²) in [7, 11) is 0. The number of aromatic hydroxyl groups is 1. The Bertz CT molecular complexity index is 2720. The molecule has 0 bridgehead atoms. The number of aliphatic hydroxyl groups is 2. The lowest BCUT2D eigenvalue weighted by atomic mass is 9.79. The molecule has 10 rings (SSSR count). The number of phenolic OH excluding ortho intramolecular Hbond substituents is 1. The van der Waals surface area contributed by atoms with Crippen molar-refractivity contribution in [2.24, 2.45) is 0 Å². The van der Waals surface area contributed by atoms with Crippen LogP contribution < -0.4 is 0 Å². The van der Waals surface area contributed by atoms with Crippen LogP contribution in [-0.4, -0.2) is 15.3 Å². The van der Waals surface area contributed by atoms with E-state index in [9.17, 15) is 15.3 Å². The Hall–Kier alpha value is -5.48. The third-order valence-electron chi connectivity index (χ3n) is 10.1. The van der Waals surface area contributed by atoms with Gasteiger partial charge in [-0.05, 0) is 128 Å². The van der Waals surface area contributed by atoms with Gasteiger partial charge in [0, 0.05) is 0 Å². The Balaban J connectivity index is 1.31. The van der Waals surface area contributed by atoms with Crippen molar-refractivity contribution in [1.29, 1.82) is 0 Å². The van der Waals surface area contributed by atoms with Crippen LogP contribution in [0.4, 0.5) is 0 Å². The average Bonchev–Trinajstić information content (AvgIpc) is 3.09. The fourth-order valence-corrected chi connectivity index (χ4v) is 7.98. The lowest BCUT2D eigenvalue weighted by molar-refractivity contribution is 0.221. The predicted molar refractivity (Wildman–Crippen MR) is 185 cm³/mol. The second kappa shape index (κ2) is 8.80. The normalized spacial score (nSPS) is 13.9. The van der Waals surface area contributed by atoms with Crippen LogP contribution in [-0.2, 0) is 0 Å². The minimum Gasteiger partial charge on any atom is -0.508 e. The van der Waals surface area contributed by atoms with Crippen molar-refractivity contribution in [3.8, 4) is 5.75 Å². The molecule has 2 atom stereocenters. The Kier molecular flexibility index (Phi) is 4.87. The van der Waals surface area contributed by atoms with E-state index < -0.39 is 12.2 Å². The van der Waals surface area contributed by atoms with E-state index in [0.717, 1.165) is 70.7 Å². The molecule has 2 unspecified atom stereocenters. The summed E-state index contributed by atoms with van der Waals surface area (Å²) in [5.41, 5.74) is 3.36. The minimum atomic E-state index is -0.848. The molecule has 3 heteroatoms. The van der Waals surface area contributed by atoms with E-state index in [1.165, 1.54) is 26.9 Å². The molecular formula is C42H26O3. The molecule has 10 aromatic carbocycles. The summed E-state index contributed by atoms with van der Waals surface area (Å²) in [5.74, 6) is 0.175. The van der Waals surface area contributed by atoms with E-state index in [1.54, 1.807) is 24.3 Å². The molecule has 0 fully saturated rings. The first-order chi connectivity index (χ1) is 22.0. The van der Waals surface area contributed by atoms with E-state index in [-0.39, 0.29) is 5.75 Å². The third-order valence-corrected chi connectivity index (χ3v) is 10.1. The van der Waals surface area contributed by atoms with Gasteiger partial charge in [-0.3, -0.25) is 0 Å². The second-order valence-corrected chi connectivity index (χ2v) is 12.4. The molecule has 0 aliphatic carbocycles. The number of hydrogen-bond acceptors (Lipinski definition) is 3. The highest BCUT2D eigenvalue weighted by Crippen LogP contribution is 2.51. The van der Waals surface area contributed by atoms with E-state index in [4.69, 9.17) is 0 Å². The van der Waals surface area contributed by atoms with E-state index in [1.807, 2.05) is 18.2 Å². The fourth-order valence-electron chi connectivity index (χ4n) is 7.98. The van der Waals surface area contributed by atoms with Gasteiger partial charge in [-0.1, -0.05) is 97.1 Å². The Morgan fingerprint density at radius 2 is 0.800 bits per heavy atom. The fraction of sp³-hybridized carbons (Fsp3) is 0.0476. The zero-order valence-corrected chi connectivity index (χ0v) is 24.1. The van der Waals surface area contributed by atoms with Crippen molar-refractivity contribution in [3.05, 3.63) is 150 Å². The molecule has 3 N–H and O–H groups in total. The van der Waals surface area contributed by atoms with E-state index in [0.29, 0.717) is 0 Å². The van der Waals surface area contributed by atoms with Gasteiger partial charge >= 0.3 is 0 Å². The molecule has 0 aliphatic heterocycles. The maximum Gasteiger partial charge on any atom is 0.115 e. The quantitative estimate of drug-likeness (QED) is 0.144. The lowest BCUT2D eigenvalue weighted by Gasteiger charge is -2.25. The first kappa shape index (κ1) is 24.9. The number of fused-ring (bicyclic) bond motifs is 1. The number of benzene rings is 10. The van der Waals surface area contributed by atoms with Crippen LogP contribution in [0.2, 0.25) is 0 Å². The maximum absolute atomic E-state index is 12.0. The molecule has 212 valence electrons. The largest absolute Gasteiger partial charge is 0.508 e. The van der Waals surface area contributed by atoms with Gasteiger partial charge in [0.2, 0.25) is 0 Å². The Labute approximate surface area is 257 Å². The first-order valence-electron chi connectivity index (χ1n) is 15.3. The van der Waals surface area contributed by atoms with Gasteiger partial charge in [0.05, 0.1) is 0 Å². The Morgan fingerprint density at radius 1 is 0.356 bits per heavy atom. The topological polar surface area (TPSA) is 60.7 Å². The molecule has 0 aliphatic rings. The number of phenols is 1. The van der Waals surface area contributed by atoms with Gasteiger partial charge in [-0.25, -0.2) is 0 Å². The minimum absolute atomic E-state index is 0.175. The first-order valence-corrected chi connectivity index (χ1v) is 15.3. The van der Waals surface area contributed by atoms with Gasteiger partial charge in [0.25, 0.3) is 0 Å². The predicted octanol–water partition coefficient (Wildman–Crippen LogP) is 9.94. The number of rotatable bonds is 4. The summed E-state index contributed by atoms with van der Waals surface area (Å²) >= 11 is 0. The molecule has 0 amide bonds. The molecular weight excluding hydrogens is 552 g/mol. The highest BCUT2D eigenvalue weighted by atomic mass is 16.3. The van der Waals surface area contributed by atoms with Crippen molar-refractivity contribution in [2.45, 2.75) is 12.2 Å². The summed E-state index contributed by atoms with van der Waals surface area (Å²) in [6, 6.07) is 42.9. The van der Waals surface area contributed by atoms with Crippen molar-refractivity contribution in [1.82, 2.24) is 0 Å². The van der Waals surface area contributed by atoms with Gasteiger partial charge in [-0.2, -0.15) is 0 Å². The zero-order chi connectivity index (χ0) is 30.0. The van der Waals surface area contributed by atoms with E-state index >= 15 is 0 Å². The third kappa shape index (κ3) is 3.31. The van der Waals surface area contributed by atoms with Gasteiger partial charge < -0.3 is 15.3 Å². The molecule has 0 aromatic heterocycles. The van der Waals surface area contributed by atoms with E-state index in [2.05, 4.69) is 84.9 Å². The van der Waals surface area contributed by atoms with Gasteiger partial charge in [0.1, 0.15) is 18.0 Å². The van der Waals surface area contributed by atoms with Gasteiger partial charge in [0.15, 0.2) is 0 Å².